The highest BCUT2D eigenvalue weighted by atomic mass is 16.5. The first-order chi connectivity index (χ1) is 11.2. The van der Waals surface area contributed by atoms with Crippen molar-refractivity contribution in [2.75, 3.05) is 7.11 Å². The van der Waals surface area contributed by atoms with Crippen LogP contribution < -0.4 is 4.74 Å². The SMILES string of the molecule is COc1cccc2cc3c(cc12)C1(CCC3=O)CC2C=CC1C2. The van der Waals surface area contributed by atoms with E-state index in [0.717, 1.165) is 28.5 Å². The molecule has 0 heterocycles. The number of ether oxygens (including phenoxy) is 1. The molecule has 23 heavy (non-hydrogen) atoms. The smallest absolute Gasteiger partial charge is 0.163 e. The summed E-state index contributed by atoms with van der Waals surface area (Å²) in [6.07, 6.45) is 8.95. The molecule has 0 aliphatic heterocycles. The van der Waals surface area contributed by atoms with Crippen LogP contribution in [0.15, 0.2) is 42.5 Å². The summed E-state index contributed by atoms with van der Waals surface area (Å²) >= 11 is 0. The molecule has 1 fully saturated rings. The molecule has 2 bridgehead atoms. The number of Topliss-reactive ketones (excluding diaryl/α,β-unsaturated/α-hetero) is 1. The van der Waals surface area contributed by atoms with E-state index < -0.39 is 0 Å². The molecule has 0 N–H and O–H groups in total. The molecule has 5 rings (SSSR count). The van der Waals surface area contributed by atoms with Crippen molar-refractivity contribution in [3.05, 3.63) is 53.6 Å². The first kappa shape index (κ1) is 13.4. The van der Waals surface area contributed by atoms with Gasteiger partial charge in [0.2, 0.25) is 0 Å². The molecule has 3 atom stereocenters. The maximum atomic E-state index is 12.6. The molecule has 2 nitrogen and oxygen atoms in total. The first-order valence-corrected chi connectivity index (χ1v) is 8.54. The zero-order chi connectivity index (χ0) is 15.6. The zero-order valence-electron chi connectivity index (χ0n) is 13.3. The van der Waals surface area contributed by atoms with E-state index in [9.17, 15) is 4.79 Å². The number of hydrogen-bond acceptors (Lipinski definition) is 2. The predicted octanol–water partition coefficient (Wildman–Crippen LogP) is 4.66. The minimum absolute atomic E-state index is 0.178. The Morgan fingerprint density at radius 2 is 2.13 bits per heavy atom. The number of allylic oxidation sites excluding steroid dienone is 2. The van der Waals surface area contributed by atoms with Gasteiger partial charge in [-0.25, -0.2) is 0 Å². The van der Waals surface area contributed by atoms with Crippen LogP contribution in [0.5, 0.6) is 5.75 Å². The number of methoxy groups -OCH3 is 1. The highest BCUT2D eigenvalue weighted by molar-refractivity contribution is 6.04. The van der Waals surface area contributed by atoms with Crippen LogP contribution in [0.2, 0.25) is 0 Å². The minimum Gasteiger partial charge on any atom is -0.496 e. The fourth-order valence-corrected chi connectivity index (χ4v) is 5.28. The van der Waals surface area contributed by atoms with Gasteiger partial charge in [-0.3, -0.25) is 4.79 Å². The Kier molecular flexibility index (Phi) is 2.60. The average Bonchev–Trinajstić information content (AvgIpc) is 3.18. The summed E-state index contributed by atoms with van der Waals surface area (Å²) in [6.45, 7) is 0. The van der Waals surface area contributed by atoms with Crippen molar-refractivity contribution in [1.29, 1.82) is 0 Å². The van der Waals surface area contributed by atoms with Crippen molar-refractivity contribution in [3.8, 4) is 5.75 Å². The lowest BCUT2D eigenvalue weighted by molar-refractivity contribution is 0.0944. The number of hydrogen-bond donors (Lipinski definition) is 0. The fraction of sp³-hybridized carbons (Fsp3) is 0.381. The van der Waals surface area contributed by atoms with E-state index in [-0.39, 0.29) is 5.41 Å². The maximum absolute atomic E-state index is 12.6. The Hall–Kier alpha value is -2.09. The van der Waals surface area contributed by atoms with Crippen molar-refractivity contribution < 1.29 is 9.53 Å². The summed E-state index contributed by atoms with van der Waals surface area (Å²) in [7, 11) is 1.72. The molecular weight excluding hydrogens is 284 g/mol. The van der Waals surface area contributed by atoms with Gasteiger partial charge in [0.15, 0.2) is 5.78 Å². The standard InChI is InChI=1S/C21H20O2/c1-23-20-4-2-3-14-10-17-18(11-16(14)20)21(8-7-19(17)22)12-13-5-6-15(21)9-13/h2-6,10-11,13,15H,7-9,12H2,1H3. The Morgan fingerprint density at radius 3 is 2.87 bits per heavy atom. The number of rotatable bonds is 1. The number of carbonyl (C=O) groups is 1. The third-order valence-corrected chi connectivity index (χ3v) is 6.34. The van der Waals surface area contributed by atoms with Gasteiger partial charge in [-0.2, -0.15) is 0 Å². The summed E-state index contributed by atoms with van der Waals surface area (Å²) in [5.74, 6) is 2.51. The van der Waals surface area contributed by atoms with Gasteiger partial charge in [0.25, 0.3) is 0 Å². The Balaban J connectivity index is 1.81. The van der Waals surface area contributed by atoms with Crippen molar-refractivity contribution in [1.82, 2.24) is 0 Å². The molecule has 0 amide bonds. The minimum atomic E-state index is 0.178. The van der Waals surface area contributed by atoms with Crippen LogP contribution in [0.25, 0.3) is 10.8 Å². The molecule has 2 heteroatoms. The number of ketones is 1. The van der Waals surface area contributed by atoms with E-state index in [0.29, 0.717) is 24.0 Å². The zero-order valence-corrected chi connectivity index (χ0v) is 13.3. The Bertz CT molecular complexity index is 864. The van der Waals surface area contributed by atoms with Crippen LogP contribution in [0.3, 0.4) is 0 Å². The van der Waals surface area contributed by atoms with E-state index in [1.165, 1.54) is 18.4 Å². The summed E-state index contributed by atoms with van der Waals surface area (Å²) in [5, 5.41) is 2.24. The monoisotopic (exact) mass is 304 g/mol. The molecule has 116 valence electrons. The van der Waals surface area contributed by atoms with Crippen molar-refractivity contribution in [3.63, 3.8) is 0 Å². The van der Waals surface area contributed by atoms with Crippen molar-refractivity contribution in [2.45, 2.75) is 31.1 Å². The maximum Gasteiger partial charge on any atom is 0.163 e. The summed E-state index contributed by atoms with van der Waals surface area (Å²) in [5.41, 5.74) is 2.41. The molecule has 3 aliphatic carbocycles. The van der Waals surface area contributed by atoms with Crippen molar-refractivity contribution >= 4 is 16.6 Å². The van der Waals surface area contributed by atoms with Gasteiger partial charge in [0.05, 0.1) is 7.11 Å². The topological polar surface area (TPSA) is 26.3 Å². The number of benzene rings is 2. The summed E-state index contributed by atoms with van der Waals surface area (Å²) < 4.78 is 5.56. The van der Waals surface area contributed by atoms with Crippen LogP contribution in [-0.2, 0) is 5.41 Å². The van der Waals surface area contributed by atoms with Crippen molar-refractivity contribution in [2.24, 2.45) is 11.8 Å². The molecule has 2 aromatic carbocycles. The molecule has 0 radical (unpaired) electrons. The normalized spacial score (nSPS) is 31.1. The molecular formula is C21H20O2. The molecule has 2 aromatic rings. The van der Waals surface area contributed by atoms with E-state index in [1.54, 1.807) is 7.11 Å². The molecule has 3 unspecified atom stereocenters. The first-order valence-electron chi connectivity index (χ1n) is 8.54. The van der Waals surface area contributed by atoms with Gasteiger partial charge in [-0.05, 0) is 60.2 Å². The number of carbonyl (C=O) groups excluding carboxylic acids is 1. The lowest BCUT2D eigenvalue weighted by Gasteiger charge is -2.40. The quantitative estimate of drug-likeness (QED) is 0.716. The van der Waals surface area contributed by atoms with Crippen LogP contribution in [-0.4, -0.2) is 12.9 Å². The third-order valence-electron chi connectivity index (χ3n) is 6.34. The lowest BCUT2D eigenvalue weighted by atomic mass is 9.62. The summed E-state index contributed by atoms with van der Waals surface area (Å²) in [4.78, 5) is 12.6. The van der Waals surface area contributed by atoms with E-state index in [2.05, 4.69) is 30.4 Å². The molecule has 0 saturated heterocycles. The van der Waals surface area contributed by atoms with Crippen LogP contribution in [0.4, 0.5) is 0 Å². The van der Waals surface area contributed by atoms with Gasteiger partial charge in [-0.1, -0.05) is 24.3 Å². The average molecular weight is 304 g/mol. The van der Waals surface area contributed by atoms with Gasteiger partial charge in [0.1, 0.15) is 5.75 Å². The van der Waals surface area contributed by atoms with Crippen LogP contribution in [0, 0.1) is 11.8 Å². The fourth-order valence-electron chi connectivity index (χ4n) is 5.28. The number of fused-ring (bicyclic) bond motifs is 6. The second-order valence-corrected chi connectivity index (χ2v) is 7.35. The largest absolute Gasteiger partial charge is 0.496 e. The van der Waals surface area contributed by atoms with E-state index in [4.69, 9.17) is 4.74 Å². The Morgan fingerprint density at radius 1 is 1.22 bits per heavy atom. The lowest BCUT2D eigenvalue weighted by Crippen LogP contribution is -2.36. The van der Waals surface area contributed by atoms with Crippen LogP contribution in [0.1, 0.15) is 41.6 Å². The van der Waals surface area contributed by atoms with Gasteiger partial charge in [0, 0.05) is 22.8 Å². The van der Waals surface area contributed by atoms with Gasteiger partial charge >= 0.3 is 0 Å². The van der Waals surface area contributed by atoms with Gasteiger partial charge in [-0.15, -0.1) is 0 Å². The Labute approximate surface area is 136 Å². The van der Waals surface area contributed by atoms with E-state index in [1.807, 2.05) is 12.1 Å². The van der Waals surface area contributed by atoms with E-state index >= 15 is 0 Å². The molecule has 3 aliphatic rings. The second kappa shape index (κ2) is 4.47. The molecule has 0 aromatic heterocycles. The van der Waals surface area contributed by atoms with Gasteiger partial charge < -0.3 is 4.74 Å². The van der Waals surface area contributed by atoms with Crippen LogP contribution >= 0.6 is 0 Å². The molecule has 1 saturated carbocycles. The highest BCUT2D eigenvalue weighted by Gasteiger charge is 2.52. The third kappa shape index (κ3) is 1.67. The molecule has 1 spiro atoms. The second-order valence-electron chi connectivity index (χ2n) is 7.35. The summed E-state index contributed by atoms with van der Waals surface area (Å²) in [6, 6.07) is 10.4. The predicted molar refractivity (Wildman–Crippen MR) is 91.1 cm³/mol. The highest BCUT2D eigenvalue weighted by Crippen LogP contribution is 2.58.